The van der Waals surface area contributed by atoms with Crippen LogP contribution >= 0.6 is 11.3 Å². The van der Waals surface area contributed by atoms with Gasteiger partial charge >= 0.3 is 0 Å². The predicted octanol–water partition coefficient (Wildman–Crippen LogP) is 5.41. The fourth-order valence-corrected chi connectivity index (χ4v) is 4.44. The van der Waals surface area contributed by atoms with Crippen LogP contribution in [0.5, 0.6) is 5.75 Å². The van der Waals surface area contributed by atoms with E-state index < -0.39 is 0 Å². The average molecular weight is 414 g/mol. The number of thiazole rings is 1. The minimum absolute atomic E-state index is 0.0531. The summed E-state index contributed by atoms with van der Waals surface area (Å²) in [5.41, 5.74) is 3.58. The number of hydrogen-bond donors (Lipinski definition) is 1. The van der Waals surface area contributed by atoms with Crippen molar-refractivity contribution in [2.45, 2.75) is 6.42 Å². The van der Waals surface area contributed by atoms with Gasteiger partial charge in [0.25, 0.3) is 0 Å². The van der Waals surface area contributed by atoms with E-state index in [1.54, 1.807) is 7.11 Å². The second kappa shape index (κ2) is 7.65. The summed E-state index contributed by atoms with van der Waals surface area (Å²) in [6, 6.07) is 21.8. The summed E-state index contributed by atoms with van der Waals surface area (Å²) in [6.45, 7) is 0. The molecule has 0 saturated heterocycles. The molecule has 0 saturated carbocycles. The standard InChI is InChI=1S/C24H19N3O2S/c1-29-19-9-4-8-17(12-19)22-14-27-18(15-30-24(27)26-22)13-23(28)25-21-11-5-7-16-6-2-3-10-20(16)21/h2-12,14-15H,13H2,1H3,(H,25,28). The minimum Gasteiger partial charge on any atom is -0.497 e. The molecule has 1 N–H and O–H groups in total. The van der Waals surface area contributed by atoms with Crippen molar-refractivity contribution in [3.63, 3.8) is 0 Å². The van der Waals surface area contributed by atoms with Crippen molar-refractivity contribution in [3.05, 3.63) is 84.0 Å². The molecule has 0 atom stereocenters. The Labute approximate surface area is 177 Å². The van der Waals surface area contributed by atoms with Crippen molar-refractivity contribution < 1.29 is 9.53 Å². The Morgan fingerprint density at radius 1 is 1.10 bits per heavy atom. The Hall–Kier alpha value is -3.64. The van der Waals surface area contributed by atoms with Crippen LogP contribution in [-0.4, -0.2) is 22.4 Å². The first-order valence-electron chi connectivity index (χ1n) is 9.59. The van der Waals surface area contributed by atoms with Crippen LogP contribution < -0.4 is 10.1 Å². The Morgan fingerprint density at radius 2 is 1.93 bits per heavy atom. The molecular formula is C24H19N3O2S. The minimum atomic E-state index is -0.0531. The van der Waals surface area contributed by atoms with Gasteiger partial charge in [0, 0.05) is 33.9 Å². The summed E-state index contributed by atoms with van der Waals surface area (Å²) in [6.07, 6.45) is 2.25. The fourth-order valence-electron chi connectivity index (χ4n) is 3.57. The molecule has 2 aromatic heterocycles. The Balaban J connectivity index is 1.40. The molecule has 3 aromatic carbocycles. The second-order valence-corrected chi connectivity index (χ2v) is 7.83. The van der Waals surface area contributed by atoms with E-state index in [4.69, 9.17) is 9.72 Å². The van der Waals surface area contributed by atoms with E-state index in [-0.39, 0.29) is 12.3 Å². The largest absolute Gasteiger partial charge is 0.497 e. The molecule has 0 bridgehead atoms. The van der Waals surface area contributed by atoms with Crippen LogP contribution in [0.25, 0.3) is 27.0 Å². The summed E-state index contributed by atoms with van der Waals surface area (Å²) in [5, 5.41) is 7.18. The van der Waals surface area contributed by atoms with Crippen molar-refractivity contribution in [3.8, 4) is 17.0 Å². The maximum atomic E-state index is 12.8. The monoisotopic (exact) mass is 413 g/mol. The van der Waals surface area contributed by atoms with Gasteiger partial charge in [0.1, 0.15) is 5.75 Å². The van der Waals surface area contributed by atoms with Crippen LogP contribution in [0.3, 0.4) is 0 Å². The zero-order valence-electron chi connectivity index (χ0n) is 16.3. The van der Waals surface area contributed by atoms with Gasteiger partial charge in [-0.05, 0) is 23.6 Å². The quantitative estimate of drug-likeness (QED) is 0.419. The van der Waals surface area contributed by atoms with Gasteiger partial charge in [0.05, 0.1) is 19.2 Å². The molecule has 5 rings (SSSR count). The van der Waals surface area contributed by atoms with Gasteiger partial charge in [-0.25, -0.2) is 4.98 Å². The van der Waals surface area contributed by atoms with E-state index in [1.165, 1.54) is 11.3 Å². The molecule has 5 nitrogen and oxygen atoms in total. The zero-order chi connectivity index (χ0) is 20.5. The SMILES string of the molecule is COc1cccc(-c2cn3c(CC(=O)Nc4cccc5ccccc45)csc3n2)c1. The van der Waals surface area contributed by atoms with E-state index in [0.717, 1.165) is 44.1 Å². The van der Waals surface area contributed by atoms with Crippen LogP contribution in [0.4, 0.5) is 5.69 Å². The molecule has 0 aliphatic carbocycles. The third kappa shape index (κ3) is 3.42. The van der Waals surface area contributed by atoms with Gasteiger partial charge in [0.2, 0.25) is 5.91 Å². The second-order valence-electron chi connectivity index (χ2n) is 6.99. The van der Waals surface area contributed by atoms with Gasteiger partial charge < -0.3 is 10.1 Å². The van der Waals surface area contributed by atoms with Gasteiger partial charge in [-0.1, -0.05) is 48.5 Å². The van der Waals surface area contributed by atoms with Crippen LogP contribution in [0.15, 0.2) is 78.3 Å². The number of nitrogens with zero attached hydrogens (tertiary/aromatic N) is 2. The van der Waals surface area contributed by atoms with E-state index in [9.17, 15) is 4.79 Å². The highest BCUT2D eigenvalue weighted by molar-refractivity contribution is 7.15. The van der Waals surface area contributed by atoms with E-state index in [1.807, 2.05) is 82.7 Å². The lowest BCUT2D eigenvalue weighted by atomic mass is 10.1. The number of aromatic nitrogens is 2. The first-order chi connectivity index (χ1) is 14.7. The summed E-state index contributed by atoms with van der Waals surface area (Å²) < 4.78 is 7.30. The number of methoxy groups -OCH3 is 1. The molecule has 0 aliphatic rings. The third-order valence-corrected chi connectivity index (χ3v) is 5.94. The first kappa shape index (κ1) is 18.4. The Bertz CT molecular complexity index is 1360. The van der Waals surface area contributed by atoms with Gasteiger partial charge in [-0.15, -0.1) is 11.3 Å². The van der Waals surface area contributed by atoms with Gasteiger partial charge in [-0.2, -0.15) is 0 Å². The lowest BCUT2D eigenvalue weighted by Crippen LogP contribution is -2.15. The van der Waals surface area contributed by atoms with Crippen molar-refractivity contribution >= 4 is 38.7 Å². The maximum Gasteiger partial charge on any atom is 0.230 e. The van der Waals surface area contributed by atoms with Crippen LogP contribution in [0.1, 0.15) is 5.69 Å². The lowest BCUT2D eigenvalue weighted by molar-refractivity contribution is -0.115. The molecule has 30 heavy (non-hydrogen) atoms. The first-order valence-corrected chi connectivity index (χ1v) is 10.5. The normalized spacial score (nSPS) is 11.1. The number of hydrogen-bond acceptors (Lipinski definition) is 4. The van der Waals surface area contributed by atoms with Crippen molar-refractivity contribution in [2.24, 2.45) is 0 Å². The number of fused-ring (bicyclic) bond motifs is 2. The maximum absolute atomic E-state index is 12.8. The molecular weight excluding hydrogens is 394 g/mol. The van der Waals surface area contributed by atoms with Crippen LogP contribution in [-0.2, 0) is 11.2 Å². The number of nitrogens with one attached hydrogen (secondary N) is 1. The summed E-state index contributed by atoms with van der Waals surface area (Å²) in [7, 11) is 1.65. The van der Waals surface area contributed by atoms with Gasteiger partial charge in [-0.3, -0.25) is 9.20 Å². The molecule has 2 heterocycles. The molecule has 148 valence electrons. The molecule has 1 amide bonds. The zero-order valence-corrected chi connectivity index (χ0v) is 17.1. The highest BCUT2D eigenvalue weighted by Gasteiger charge is 2.14. The van der Waals surface area contributed by atoms with E-state index >= 15 is 0 Å². The van der Waals surface area contributed by atoms with Crippen LogP contribution in [0.2, 0.25) is 0 Å². The molecule has 0 aliphatic heterocycles. The number of benzene rings is 3. The van der Waals surface area contributed by atoms with Gasteiger partial charge in [0.15, 0.2) is 4.96 Å². The predicted molar refractivity (Wildman–Crippen MR) is 121 cm³/mol. The Morgan fingerprint density at radius 3 is 2.83 bits per heavy atom. The molecule has 5 aromatic rings. The lowest BCUT2D eigenvalue weighted by Gasteiger charge is -2.08. The number of imidazole rings is 1. The number of rotatable bonds is 5. The van der Waals surface area contributed by atoms with E-state index in [2.05, 4.69) is 5.32 Å². The molecule has 6 heteroatoms. The highest BCUT2D eigenvalue weighted by Crippen LogP contribution is 2.27. The number of ether oxygens (including phenoxy) is 1. The van der Waals surface area contributed by atoms with Crippen LogP contribution in [0, 0.1) is 0 Å². The fraction of sp³-hybridized carbons (Fsp3) is 0.0833. The molecule has 0 radical (unpaired) electrons. The molecule has 0 fully saturated rings. The van der Waals surface area contributed by atoms with Crippen molar-refractivity contribution in [2.75, 3.05) is 12.4 Å². The Kier molecular flexibility index (Phi) is 4.69. The number of amides is 1. The number of carbonyl (C=O) groups excluding carboxylic acids is 1. The summed E-state index contributed by atoms with van der Waals surface area (Å²) in [4.78, 5) is 18.3. The topological polar surface area (TPSA) is 55.6 Å². The smallest absolute Gasteiger partial charge is 0.230 e. The summed E-state index contributed by atoms with van der Waals surface area (Å²) in [5.74, 6) is 0.737. The summed E-state index contributed by atoms with van der Waals surface area (Å²) >= 11 is 1.53. The number of anilines is 1. The van der Waals surface area contributed by atoms with E-state index in [0.29, 0.717) is 0 Å². The van der Waals surface area contributed by atoms with Crippen molar-refractivity contribution in [1.29, 1.82) is 0 Å². The molecule has 0 unspecified atom stereocenters. The number of carbonyl (C=O) groups is 1. The third-order valence-electron chi connectivity index (χ3n) is 5.05. The average Bonchev–Trinajstić information content (AvgIpc) is 3.36. The molecule has 0 spiro atoms. The highest BCUT2D eigenvalue weighted by atomic mass is 32.1. The van der Waals surface area contributed by atoms with Crippen molar-refractivity contribution in [1.82, 2.24) is 9.38 Å².